The van der Waals surface area contributed by atoms with Gasteiger partial charge in [0.25, 0.3) is 0 Å². The van der Waals surface area contributed by atoms with Crippen molar-refractivity contribution in [3.8, 4) is 0 Å². The van der Waals surface area contributed by atoms with Crippen molar-refractivity contribution in [1.82, 2.24) is 4.57 Å². The number of para-hydroxylation sites is 1. The van der Waals surface area contributed by atoms with E-state index >= 15 is 0 Å². The van der Waals surface area contributed by atoms with Gasteiger partial charge >= 0.3 is 0 Å². The summed E-state index contributed by atoms with van der Waals surface area (Å²) in [5, 5.41) is 5.50. The highest BCUT2D eigenvalue weighted by Gasteiger charge is 2.27. The number of nitrogens with two attached hydrogens (primary N) is 1. The van der Waals surface area contributed by atoms with E-state index < -0.39 is 0 Å². The largest absolute Gasteiger partial charge is 0.341 e. The number of benzene rings is 2. The maximum Gasteiger partial charge on any atom is 0.227 e. The van der Waals surface area contributed by atoms with E-state index in [0.29, 0.717) is 0 Å². The van der Waals surface area contributed by atoms with Gasteiger partial charge in [-0.3, -0.25) is 4.79 Å². The lowest BCUT2D eigenvalue weighted by Crippen LogP contribution is -2.23. The first-order valence-electron chi connectivity index (χ1n) is 8.75. The highest BCUT2D eigenvalue weighted by atomic mass is 16.1. The molecule has 3 aromatic rings. The Morgan fingerprint density at radius 3 is 2.71 bits per heavy atom. The maximum atomic E-state index is 12.4. The molecule has 24 heavy (non-hydrogen) atoms. The fourth-order valence-electron chi connectivity index (χ4n) is 3.97. The molecule has 2 atom stereocenters. The van der Waals surface area contributed by atoms with E-state index in [9.17, 15) is 4.79 Å². The van der Waals surface area contributed by atoms with Gasteiger partial charge in [0.15, 0.2) is 0 Å². The first-order chi connectivity index (χ1) is 11.7. The second-order valence-electron chi connectivity index (χ2n) is 6.75. The van der Waals surface area contributed by atoms with E-state index in [1.165, 1.54) is 21.8 Å². The minimum Gasteiger partial charge on any atom is -0.341 e. The Morgan fingerprint density at radius 2 is 1.96 bits per heavy atom. The normalized spacial score (nSPS) is 20.8. The molecule has 0 aliphatic heterocycles. The van der Waals surface area contributed by atoms with E-state index in [0.717, 1.165) is 31.5 Å². The van der Waals surface area contributed by atoms with Crippen molar-refractivity contribution in [2.24, 2.45) is 11.7 Å². The van der Waals surface area contributed by atoms with Gasteiger partial charge in [0.2, 0.25) is 5.91 Å². The summed E-state index contributed by atoms with van der Waals surface area (Å²) in [4.78, 5) is 12.4. The Bertz CT molecular complexity index is 912. The fourth-order valence-corrected chi connectivity index (χ4v) is 3.97. The molecule has 4 heteroatoms. The van der Waals surface area contributed by atoms with Gasteiger partial charge < -0.3 is 15.6 Å². The summed E-state index contributed by atoms with van der Waals surface area (Å²) in [5.74, 6) is 0.147. The standard InChI is InChI=1S/C20H23N3O/c1-2-23-18-6-4-3-5-16(18)17-12-15(9-10-19(17)23)22-20(24)13-7-8-14(21)11-13/h3-6,9-10,12-14H,2,7-8,11,21H2,1H3,(H,22,24). The molecule has 1 amide bonds. The molecule has 124 valence electrons. The number of fused-ring (bicyclic) bond motifs is 3. The van der Waals surface area contributed by atoms with Crippen LogP contribution in [0, 0.1) is 5.92 Å². The highest BCUT2D eigenvalue weighted by molar-refractivity contribution is 6.09. The maximum absolute atomic E-state index is 12.4. The van der Waals surface area contributed by atoms with Gasteiger partial charge in [-0.05, 0) is 50.5 Å². The predicted molar refractivity (Wildman–Crippen MR) is 99.1 cm³/mol. The van der Waals surface area contributed by atoms with Gasteiger partial charge in [-0.1, -0.05) is 18.2 Å². The molecule has 1 aliphatic carbocycles. The number of aromatic nitrogens is 1. The van der Waals surface area contributed by atoms with Crippen molar-refractivity contribution in [1.29, 1.82) is 0 Å². The first-order valence-corrected chi connectivity index (χ1v) is 8.75. The van der Waals surface area contributed by atoms with Crippen LogP contribution in [0.25, 0.3) is 21.8 Å². The number of aryl methyl sites for hydroxylation is 1. The fraction of sp³-hybridized carbons (Fsp3) is 0.350. The highest BCUT2D eigenvalue weighted by Crippen LogP contribution is 2.32. The van der Waals surface area contributed by atoms with Crippen LogP contribution in [0.2, 0.25) is 0 Å². The molecule has 1 aliphatic rings. The van der Waals surface area contributed by atoms with Crippen molar-refractivity contribution in [3.05, 3.63) is 42.5 Å². The number of amides is 1. The average Bonchev–Trinajstić information content (AvgIpc) is 3.16. The van der Waals surface area contributed by atoms with Crippen LogP contribution in [-0.4, -0.2) is 16.5 Å². The number of nitrogens with one attached hydrogen (secondary N) is 1. The summed E-state index contributed by atoms with van der Waals surface area (Å²) < 4.78 is 2.31. The average molecular weight is 321 g/mol. The second-order valence-corrected chi connectivity index (χ2v) is 6.75. The quantitative estimate of drug-likeness (QED) is 0.769. The molecular formula is C20H23N3O. The number of hydrogen-bond acceptors (Lipinski definition) is 2. The van der Waals surface area contributed by atoms with Gasteiger partial charge in [-0.15, -0.1) is 0 Å². The summed E-state index contributed by atoms with van der Waals surface area (Å²) in [6, 6.07) is 14.8. The number of carbonyl (C=O) groups is 1. The zero-order valence-corrected chi connectivity index (χ0v) is 14.0. The molecule has 3 N–H and O–H groups in total. The molecule has 1 heterocycles. The molecule has 0 bridgehead atoms. The Morgan fingerprint density at radius 1 is 1.17 bits per heavy atom. The number of rotatable bonds is 3. The molecule has 4 rings (SSSR count). The van der Waals surface area contributed by atoms with E-state index in [1.54, 1.807) is 0 Å². The SMILES string of the molecule is CCn1c2ccccc2c2cc(NC(=O)C3CCC(N)C3)ccc21. The lowest BCUT2D eigenvalue weighted by Gasteiger charge is -2.11. The Labute approximate surface area is 141 Å². The number of nitrogens with zero attached hydrogens (tertiary/aromatic N) is 1. The third-order valence-electron chi connectivity index (χ3n) is 5.20. The number of hydrogen-bond donors (Lipinski definition) is 2. The van der Waals surface area contributed by atoms with E-state index in [1.807, 2.05) is 6.07 Å². The van der Waals surface area contributed by atoms with Gasteiger partial charge in [0.1, 0.15) is 0 Å². The van der Waals surface area contributed by atoms with Crippen LogP contribution in [0.3, 0.4) is 0 Å². The molecule has 2 aromatic carbocycles. The Kier molecular flexibility index (Phi) is 3.77. The minimum absolute atomic E-state index is 0.0488. The third kappa shape index (κ3) is 2.47. The van der Waals surface area contributed by atoms with E-state index in [-0.39, 0.29) is 17.9 Å². The molecule has 0 radical (unpaired) electrons. The zero-order chi connectivity index (χ0) is 16.7. The van der Waals surface area contributed by atoms with Crippen LogP contribution in [0.5, 0.6) is 0 Å². The topological polar surface area (TPSA) is 60.0 Å². The summed E-state index contributed by atoms with van der Waals surface area (Å²) in [5.41, 5.74) is 9.24. The third-order valence-corrected chi connectivity index (χ3v) is 5.20. The number of carbonyl (C=O) groups excluding carboxylic acids is 1. The van der Waals surface area contributed by atoms with Gasteiger partial charge in [-0.25, -0.2) is 0 Å². The lowest BCUT2D eigenvalue weighted by molar-refractivity contribution is -0.119. The Hall–Kier alpha value is -2.33. The van der Waals surface area contributed by atoms with Gasteiger partial charge in [0.05, 0.1) is 0 Å². The van der Waals surface area contributed by atoms with Crippen molar-refractivity contribution in [2.45, 2.75) is 38.8 Å². The summed E-state index contributed by atoms with van der Waals surface area (Å²) in [6.07, 6.45) is 2.63. The molecule has 2 unspecified atom stereocenters. The van der Waals surface area contributed by atoms with Crippen molar-refractivity contribution < 1.29 is 4.79 Å². The number of anilines is 1. The van der Waals surface area contributed by atoms with Gasteiger partial charge in [-0.2, -0.15) is 0 Å². The smallest absolute Gasteiger partial charge is 0.227 e. The second kappa shape index (κ2) is 5.95. The minimum atomic E-state index is 0.0488. The lowest BCUT2D eigenvalue weighted by atomic mass is 10.1. The van der Waals surface area contributed by atoms with Crippen molar-refractivity contribution in [2.75, 3.05) is 5.32 Å². The van der Waals surface area contributed by atoms with E-state index in [2.05, 4.69) is 53.2 Å². The Balaban J connectivity index is 1.70. The van der Waals surface area contributed by atoms with Crippen LogP contribution in [0.1, 0.15) is 26.2 Å². The summed E-state index contributed by atoms with van der Waals surface area (Å²) in [7, 11) is 0. The van der Waals surface area contributed by atoms with Crippen LogP contribution in [0.4, 0.5) is 5.69 Å². The molecular weight excluding hydrogens is 298 g/mol. The summed E-state index contributed by atoms with van der Waals surface area (Å²) >= 11 is 0. The molecule has 0 spiro atoms. The van der Waals surface area contributed by atoms with Crippen LogP contribution in [-0.2, 0) is 11.3 Å². The molecule has 1 fully saturated rings. The summed E-state index contributed by atoms with van der Waals surface area (Å²) in [6.45, 7) is 3.08. The van der Waals surface area contributed by atoms with Crippen LogP contribution < -0.4 is 11.1 Å². The first kappa shape index (κ1) is 15.2. The van der Waals surface area contributed by atoms with Crippen molar-refractivity contribution >= 4 is 33.4 Å². The molecule has 4 nitrogen and oxygen atoms in total. The van der Waals surface area contributed by atoms with E-state index in [4.69, 9.17) is 5.73 Å². The molecule has 1 saturated carbocycles. The van der Waals surface area contributed by atoms with Crippen LogP contribution >= 0.6 is 0 Å². The predicted octanol–water partition coefficient (Wildman–Crippen LogP) is 3.88. The van der Waals surface area contributed by atoms with Crippen molar-refractivity contribution in [3.63, 3.8) is 0 Å². The van der Waals surface area contributed by atoms with Gasteiger partial charge in [0, 0.05) is 46.0 Å². The zero-order valence-electron chi connectivity index (χ0n) is 14.0. The monoisotopic (exact) mass is 321 g/mol. The van der Waals surface area contributed by atoms with Crippen LogP contribution in [0.15, 0.2) is 42.5 Å². The molecule has 0 saturated heterocycles. The molecule has 1 aromatic heterocycles.